The van der Waals surface area contributed by atoms with Crippen LogP contribution in [0.5, 0.6) is 0 Å². The summed E-state index contributed by atoms with van der Waals surface area (Å²) >= 11 is 22.8. The molecule has 1 amide bonds. The Kier molecular flexibility index (Phi) is 6.93. The quantitative estimate of drug-likeness (QED) is 0.232. The number of thiocarbonyl (C=S) groups is 1. The summed E-state index contributed by atoms with van der Waals surface area (Å²) < 4.78 is 0. The third-order valence-corrected chi connectivity index (χ3v) is 4.24. The maximum absolute atomic E-state index is 11.9. The third-order valence-electron chi connectivity index (χ3n) is 3.00. The molecule has 2 N–H and O–H groups in total. The van der Waals surface area contributed by atoms with Crippen molar-refractivity contribution in [2.75, 3.05) is 5.32 Å². The number of nitrogens with one attached hydrogen (secondary N) is 2. The summed E-state index contributed by atoms with van der Waals surface area (Å²) in [6.45, 7) is 0. The highest BCUT2D eigenvalue weighted by atomic mass is 35.5. The maximum atomic E-state index is 11.9. The Morgan fingerprint density at radius 1 is 1.12 bits per heavy atom. The van der Waals surface area contributed by atoms with Crippen LogP contribution in [0.4, 0.5) is 11.4 Å². The predicted octanol–water partition coefficient (Wildman–Crippen LogP) is 5.08. The number of rotatable bonds is 4. The van der Waals surface area contributed by atoms with Crippen molar-refractivity contribution in [1.29, 1.82) is 0 Å². The van der Waals surface area contributed by atoms with Gasteiger partial charge in [-0.25, -0.2) is 0 Å². The van der Waals surface area contributed by atoms with Gasteiger partial charge in [0.25, 0.3) is 5.69 Å². The number of benzene rings is 2. The van der Waals surface area contributed by atoms with Crippen LogP contribution in [0.1, 0.15) is 5.56 Å². The smallest absolute Gasteiger partial charge is 0.270 e. The molecule has 10 heteroatoms. The first-order chi connectivity index (χ1) is 12.3. The summed E-state index contributed by atoms with van der Waals surface area (Å²) in [5.41, 5.74) is 0.814. The fourth-order valence-corrected chi connectivity index (χ4v) is 2.64. The molecule has 0 radical (unpaired) electrons. The van der Waals surface area contributed by atoms with Gasteiger partial charge in [0.2, 0.25) is 5.91 Å². The molecule has 0 saturated heterocycles. The zero-order valence-electron chi connectivity index (χ0n) is 12.8. The van der Waals surface area contributed by atoms with Crippen LogP contribution in [0, 0.1) is 10.1 Å². The van der Waals surface area contributed by atoms with Gasteiger partial charge in [-0.3, -0.25) is 20.2 Å². The molecule has 0 spiro atoms. The Morgan fingerprint density at radius 2 is 1.81 bits per heavy atom. The summed E-state index contributed by atoms with van der Waals surface area (Å²) in [6.07, 6.45) is 2.63. The van der Waals surface area contributed by atoms with E-state index in [9.17, 15) is 14.9 Å². The monoisotopic (exact) mass is 429 g/mol. The second-order valence-corrected chi connectivity index (χ2v) is 6.50. The molecule has 2 aromatic carbocycles. The number of nitro groups is 1. The average Bonchev–Trinajstić information content (AvgIpc) is 2.58. The lowest BCUT2D eigenvalue weighted by Crippen LogP contribution is -2.32. The topological polar surface area (TPSA) is 84.3 Å². The summed E-state index contributed by atoms with van der Waals surface area (Å²) in [5, 5.41) is 16.7. The molecule has 0 aromatic heterocycles. The highest BCUT2D eigenvalue weighted by molar-refractivity contribution is 7.80. The van der Waals surface area contributed by atoms with Gasteiger partial charge in [0.15, 0.2) is 5.11 Å². The van der Waals surface area contributed by atoms with E-state index >= 15 is 0 Å². The fourth-order valence-electron chi connectivity index (χ4n) is 1.84. The first-order valence-electron chi connectivity index (χ1n) is 6.95. The van der Waals surface area contributed by atoms with Crippen LogP contribution in [-0.4, -0.2) is 15.9 Å². The SMILES string of the molecule is O=C(/C=C/c1cccc([N+](=O)[O-])c1)NC(=S)Nc1cc(Cl)c(Cl)cc1Cl. The number of anilines is 1. The molecule has 0 aliphatic heterocycles. The van der Waals surface area contributed by atoms with Gasteiger partial charge in [-0.2, -0.15) is 0 Å². The van der Waals surface area contributed by atoms with Crippen LogP contribution in [0.15, 0.2) is 42.5 Å². The molecular weight excluding hydrogens is 421 g/mol. The lowest BCUT2D eigenvalue weighted by Gasteiger charge is -2.10. The van der Waals surface area contributed by atoms with Crippen molar-refractivity contribution in [3.05, 3.63) is 73.2 Å². The maximum Gasteiger partial charge on any atom is 0.270 e. The van der Waals surface area contributed by atoms with Crippen LogP contribution in [0.25, 0.3) is 6.08 Å². The van der Waals surface area contributed by atoms with E-state index in [-0.39, 0.29) is 25.9 Å². The summed E-state index contributed by atoms with van der Waals surface area (Å²) in [5.74, 6) is -0.523. The van der Waals surface area contributed by atoms with Crippen LogP contribution < -0.4 is 10.6 Å². The molecule has 0 saturated carbocycles. The fraction of sp³-hybridized carbons (Fsp3) is 0. The number of non-ortho nitro benzene ring substituents is 1. The Bertz CT molecular complexity index is 919. The van der Waals surface area contributed by atoms with Crippen molar-refractivity contribution in [2.45, 2.75) is 0 Å². The van der Waals surface area contributed by atoms with Crippen molar-refractivity contribution >= 4 is 75.5 Å². The van der Waals surface area contributed by atoms with Crippen molar-refractivity contribution < 1.29 is 9.72 Å². The number of hydrogen-bond acceptors (Lipinski definition) is 4. The molecule has 0 bridgehead atoms. The van der Waals surface area contributed by atoms with Crippen molar-refractivity contribution in [1.82, 2.24) is 5.32 Å². The standard InChI is InChI=1S/C16H10Cl3N3O3S/c17-11-7-13(19)14(8-12(11)18)20-16(26)21-15(23)5-4-9-2-1-3-10(6-9)22(24)25/h1-8H,(H2,20,21,23,26)/b5-4+. The van der Waals surface area contributed by atoms with Gasteiger partial charge in [0, 0.05) is 18.2 Å². The van der Waals surface area contributed by atoms with Gasteiger partial charge >= 0.3 is 0 Å². The molecule has 134 valence electrons. The second-order valence-electron chi connectivity index (χ2n) is 4.87. The zero-order chi connectivity index (χ0) is 19.3. The van der Waals surface area contributed by atoms with Crippen molar-refractivity contribution in [2.24, 2.45) is 0 Å². The van der Waals surface area contributed by atoms with E-state index in [1.165, 1.54) is 42.5 Å². The Hall–Kier alpha value is -2.19. The van der Waals surface area contributed by atoms with E-state index in [4.69, 9.17) is 47.0 Å². The molecule has 0 heterocycles. The minimum absolute atomic E-state index is 0.000943. The molecular formula is C16H10Cl3N3O3S. The molecule has 0 fully saturated rings. The van der Waals surface area contributed by atoms with Crippen molar-refractivity contribution in [3.8, 4) is 0 Å². The zero-order valence-corrected chi connectivity index (χ0v) is 15.9. The van der Waals surface area contributed by atoms with Crippen LogP contribution in [0.3, 0.4) is 0 Å². The Labute approximate surface area is 168 Å². The number of nitro benzene ring substituents is 1. The molecule has 0 atom stereocenters. The van der Waals surface area contributed by atoms with Gasteiger partial charge in [-0.1, -0.05) is 46.9 Å². The van der Waals surface area contributed by atoms with Gasteiger partial charge in [0.1, 0.15) is 0 Å². The van der Waals surface area contributed by atoms with Crippen LogP contribution in [0.2, 0.25) is 15.1 Å². The Morgan fingerprint density at radius 3 is 2.50 bits per heavy atom. The molecule has 2 aromatic rings. The van der Waals surface area contributed by atoms with Gasteiger partial charge in [-0.05, 0) is 36.0 Å². The minimum atomic E-state index is -0.523. The minimum Gasteiger partial charge on any atom is -0.331 e. The number of carbonyl (C=O) groups is 1. The van der Waals surface area contributed by atoms with E-state index in [0.29, 0.717) is 11.3 Å². The molecule has 2 rings (SSSR count). The first-order valence-corrected chi connectivity index (χ1v) is 8.49. The van der Waals surface area contributed by atoms with E-state index in [1.54, 1.807) is 6.07 Å². The molecule has 0 unspecified atom stereocenters. The van der Waals surface area contributed by atoms with Gasteiger partial charge < -0.3 is 5.32 Å². The number of amides is 1. The Balaban J connectivity index is 1.99. The normalized spacial score (nSPS) is 10.6. The van der Waals surface area contributed by atoms with E-state index < -0.39 is 10.8 Å². The largest absolute Gasteiger partial charge is 0.331 e. The first kappa shape index (κ1) is 20.1. The predicted molar refractivity (Wildman–Crippen MR) is 108 cm³/mol. The van der Waals surface area contributed by atoms with E-state index in [1.807, 2.05) is 0 Å². The number of halogens is 3. The van der Waals surface area contributed by atoms with Crippen LogP contribution in [-0.2, 0) is 4.79 Å². The number of nitrogens with zero attached hydrogens (tertiary/aromatic N) is 1. The third kappa shape index (κ3) is 5.67. The summed E-state index contributed by atoms with van der Waals surface area (Å²) in [7, 11) is 0. The van der Waals surface area contributed by atoms with E-state index in [0.717, 1.165) is 0 Å². The molecule has 0 aliphatic rings. The molecule has 6 nitrogen and oxygen atoms in total. The van der Waals surface area contributed by atoms with Crippen LogP contribution >= 0.6 is 47.0 Å². The lowest BCUT2D eigenvalue weighted by atomic mass is 10.2. The highest BCUT2D eigenvalue weighted by Gasteiger charge is 2.09. The van der Waals surface area contributed by atoms with Crippen molar-refractivity contribution in [3.63, 3.8) is 0 Å². The van der Waals surface area contributed by atoms with Gasteiger partial charge in [-0.15, -0.1) is 0 Å². The number of hydrogen-bond donors (Lipinski definition) is 2. The number of carbonyl (C=O) groups excluding carboxylic acids is 1. The average molecular weight is 431 g/mol. The highest BCUT2D eigenvalue weighted by Crippen LogP contribution is 2.32. The summed E-state index contributed by atoms with van der Waals surface area (Å²) in [4.78, 5) is 22.1. The van der Waals surface area contributed by atoms with Gasteiger partial charge in [0.05, 0.1) is 25.7 Å². The molecule has 26 heavy (non-hydrogen) atoms. The lowest BCUT2D eigenvalue weighted by molar-refractivity contribution is -0.384. The summed E-state index contributed by atoms with van der Waals surface area (Å²) in [6, 6.07) is 8.77. The second kappa shape index (κ2) is 8.95. The molecule has 0 aliphatic carbocycles. The van der Waals surface area contributed by atoms with E-state index in [2.05, 4.69) is 10.6 Å².